The molecule has 0 bridgehead atoms. The molecule has 0 amide bonds. The molecule has 0 heterocycles. The zero-order chi connectivity index (χ0) is 20.8. The first-order valence-electron chi connectivity index (χ1n) is 12.1. The molecule has 0 heteroatoms. The van der Waals surface area contributed by atoms with Crippen molar-refractivity contribution in [3.8, 4) is 11.1 Å². The van der Waals surface area contributed by atoms with E-state index >= 15 is 0 Å². The fraction of sp³-hybridized carbons (Fsp3) is 0.400. The summed E-state index contributed by atoms with van der Waals surface area (Å²) in [5, 5.41) is 0. The highest BCUT2D eigenvalue weighted by Gasteiger charge is 2.20. The third-order valence-electron chi connectivity index (χ3n) is 6.81. The van der Waals surface area contributed by atoms with Crippen molar-refractivity contribution in [2.75, 3.05) is 0 Å². The van der Waals surface area contributed by atoms with Gasteiger partial charge in [-0.1, -0.05) is 93.4 Å². The molecule has 1 unspecified atom stereocenters. The van der Waals surface area contributed by atoms with Gasteiger partial charge in [0, 0.05) is 0 Å². The zero-order valence-corrected chi connectivity index (χ0v) is 18.8. The molecule has 156 valence electrons. The molecule has 0 saturated heterocycles. The van der Waals surface area contributed by atoms with Crippen LogP contribution in [-0.2, 0) is 25.7 Å². The Morgan fingerprint density at radius 3 is 1.90 bits per heavy atom. The van der Waals surface area contributed by atoms with Crippen molar-refractivity contribution in [3.05, 3.63) is 94.5 Å². The number of unbranched alkanes of at least 4 members (excludes halogenated alkanes) is 2. The van der Waals surface area contributed by atoms with E-state index in [1.54, 1.807) is 11.1 Å². The van der Waals surface area contributed by atoms with Crippen molar-refractivity contribution in [1.29, 1.82) is 0 Å². The van der Waals surface area contributed by atoms with Crippen LogP contribution in [0, 0.1) is 0 Å². The molecule has 0 aliphatic heterocycles. The number of hydrogen-bond donors (Lipinski definition) is 0. The van der Waals surface area contributed by atoms with Crippen LogP contribution in [0.1, 0.15) is 79.7 Å². The van der Waals surface area contributed by atoms with Gasteiger partial charge in [-0.05, 0) is 89.8 Å². The van der Waals surface area contributed by atoms with Crippen LogP contribution >= 0.6 is 0 Å². The summed E-state index contributed by atoms with van der Waals surface area (Å²) in [5.41, 5.74) is 10.3. The second-order valence-electron chi connectivity index (χ2n) is 9.07. The maximum Gasteiger partial charge on any atom is -0.0118 e. The van der Waals surface area contributed by atoms with Crippen LogP contribution < -0.4 is 0 Å². The molecular formula is C30H36. The molecule has 0 aromatic heterocycles. The molecule has 0 radical (unpaired) electrons. The number of fused-ring (bicyclic) bond motifs is 1. The van der Waals surface area contributed by atoms with E-state index in [-0.39, 0.29) is 0 Å². The molecule has 0 spiro atoms. The van der Waals surface area contributed by atoms with Gasteiger partial charge in [0.15, 0.2) is 0 Å². The molecule has 1 aliphatic rings. The Bertz CT molecular complexity index is 931. The van der Waals surface area contributed by atoms with Crippen molar-refractivity contribution >= 4 is 0 Å². The first-order valence-corrected chi connectivity index (χ1v) is 12.1. The van der Waals surface area contributed by atoms with E-state index in [0.717, 1.165) is 0 Å². The minimum atomic E-state index is 0.668. The van der Waals surface area contributed by atoms with Crippen LogP contribution in [0.15, 0.2) is 66.7 Å². The van der Waals surface area contributed by atoms with E-state index < -0.39 is 0 Å². The van der Waals surface area contributed by atoms with Gasteiger partial charge in [0.05, 0.1) is 0 Å². The third kappa shape index (κ3) is 5.04. The zero-order valence-electron chi connectivity index (χ0n) is 18.8. The number of benzene rings is 3. The van der Waals surface area contributed by atoms with Gasteiger partial charge in [0.1, 0.15) is 0 Å². The van der Waals surface area contributed by atoms with Gasteiger partial charge >= 0.3 is 0 Å². The number of rotatable bonds is 8. The van der Waals surface area contributed by atoms with Crippen LogP contribution in [0.5, 0.6) is 0 Å². The average molecular weight is 397 g/mol. The predicted molar refractivity (Wildman–Crippen MR) is 130 cm³/mol. The van der Waals surface area contributed by atoms with Gasteiger partial charge in [-0.25, -0.2) is 0 Å². The average Bonchev–Trinajstić information content (AvgIpc) is 2.81. The molecule has 1 aliphatic carbocycles. The lowest BCUT2D eigenvalue weighted by Gasteiger charge is -2.26. The Hall–Kier alpha value is -2.34. The summed E-state index contributed by atoms with van der Waals surface area (Å²) in [6.45, 7) is 4.52. The van der Waals surface area contributed by atoms with E-state index in [1.807, 2.05) is 0 Å². The largest absolute Gasteiger partial charge is 0.0654 e. The lowest BCUT2D eigenvalue weighted by Crippen LogP contribution is -2.13. The molecule has 0 N–H and O–H groups in total. The predicted octanol–water partition coefficient (Wildman–Crippen LogP) is 8.31. The van der Waals surface area contributed by atoms with Crippen molar-refractivity contribution in [3.63, 3.8) is 0 Å². The minimum Gasteiger partial charge on any atom is -0.0654 e. The quantitative estimate of drug-likeness (QED) is 0.359. The van der Waals surface area contributed by atoms with Crippen molar-refractivity contribution < 1.29 is 0 Å². The van der Waals surface area contributed by atoms with Crippen LogP contribution in [0.25, 0.3) is 11.1 Å². The van der Waals surface area contributed by atoms with Gasteiger partial charge in [0.25, 0.3) is 0 Å². The van der Waals surface area contributed by atoms with E-state index in [2.05, 4.69) is 80.6 Å². The SMILES string of the molecule is CCCCc1ccc(-c2ccc3c(c2)CCC(c2ccc(CCCC)cc2)C3)cc1. The molecule has 3 aromatic rings. The maximum absolute atomic E-state index is 2.44. The molecule has 30 heavy (non-hydrogen) atoms. The molecular weight excluding hydrogens is 360 g/mol. The number of hydrogen-bond acceptors (Lipinski definition) is 0. The van der Waals surface area contributed by atoms with E-state index in [1.165, 1.54) is 85.6 Å². The fourth-order valence-electron chi connectivity index (χ4n) is 4.80. The highest BCUT2D eigenvalue weighted by Crippen LogP contribution is 2.35. The highest BCUT2D eigenvalue weighted by atomic mass is 14.2. The number of aryl methyl sites for hydroxylation is 3. The summed E-state index contributed by atoms with van der Waals surface area (Å²) in [7, 11) is 0. The molecule has 0 saturated carbocycles. The summed E-state index contributed by atoms with van der Waals surface area (Å²) >= 11 is 0. The van der Waals surface area contributed by atoms with Crippen LogP contribution in [0.3, 0.4) is 0 Å². The van der Waals surface area contributed by atoms with E-state index in [9.17, 15) is 0 Å². The molecule has 3 aromatic carbocycles. The minimum absolute atomic E-state index is 0.668. The molecule has 0 nitrogen and oxygen atoms in total. The topological polar surface area (TPSA) is 0 Å². The first-order chi connectivity index (χ1) is 14.8. The summed E-state index contributed by atoms with van der Waals surface area (Å²) in [5.74, 6) is 0.668. The normalized spacial score (nSPS) is 15.7. The van der Waals surface area contributed by atoms with Crippen LogP contribution in [0.2, 0.25) is 0 Å². The maximum atomic E-state index is 2.44. The first kappa shape index (κ1) is 20.9. The monoisotopic (exact) mass is 396 g/mol. The van der Waals surface area contributed by atoms with Crippen molar-refractivity contribution in [1.82, 2.24) is 0 Å². The summed E-state index contributed by atoms with van der Waals surface area (Å²) in [6.07, 6.45) is 11.2. The van der Waals surface area contributed by atoms with E-state index in [0.29, 0.717) is 5.92 Å². The Kier molecular flexibility index (Phi) is 7.05. The Balaban J connectivity index is 1.44. The summed E-state index contributed by atoms with van der Waals surface area (Å²) < 4.78 is 0. The van der Waals surface area contributed by atoms with E-state index in [4.69, 9.17) is 0 Å². The van der Waals surface area contributed by atoms with Gasteiger partial charge in [-0.15, -0.1) is 0 Å². The second kappa shape index (κ2) is 10.1. The molecule has 4 rings (SSSR count). The lowest BCUT2D eigenvalue weighted by molar-refractivity contribution is 0.585. The summed E-state index contributed by atoms with van der Waals surface area (Å²) in [4.78, 5) is 0. The Labute approximate surface area is 183 Å². The van der Waals surface area contributed by atoms with Crippen LogP contribution in [-0.4, -0.2) is 0 Å². The molecule has 1 atom stereocenters. The van der Waals surface area contributed by atoms with Crippen molar-refractivity contribution in [2.24, 2.45) is 0 Å². The van der Waals surface area contributed by atoms with Gasteiger partial charge in [-0.3, -0.25) is 0 Å². The Morgan fingerprint density at radius 2 is 1.27 bits per heavy atom. The second-order valence-corrected chi connectivity index (χ2v) is 9.07. The fourth-order valence-corrected chi connectivity index (χ4v) is 4.80. The van der Waals surface area contributed by atoms with Gasteiger partial charge in [0.2, 0.25) is 0 Å². The smallest absolute Gasteiger partial charge is 0.0118 e. The van der Waals surface area contributed by atoms with Gasteiger partial charge in [-0.2, -0.15) is 0 Å². The molecule has 0 fully saturated rings. The van der Waals surface area contributed by atoms with Crippen LogP contribution in [0.4, 0.5) is 0 Å². The van der Waals surface area contributed by atoms with Crippen molar-refractivity contribution in [2.45, 2.75) is 77.6 Å². The summed E-state index contributed by atoms with van der Waals surface area (Å²) in [6, 6.07) is 25.9. The van der Waals surface area contributed by atoms with Gasteiger partial charge < -0.3 is 0 Å². The standard InChI is InChI=1S/C30H36/c1-3-5-7-23-9-13-25(14-10-23)27-17-19-30-22-28(18-20-29(30)21-27)26-15-11-24(12-16-26)8-6-4-2/h9-17,19,21,28H,3-8,18,20,22H2,1-2H3. The highest BCUT2D eigenvalue weighted by molar-refractivity contribution is 5.65. The third-order valence-corrected chi connectivity index (χ3v) is 6.81. The Morgan fingerprint density at radius 1 is 0.667 bits per heavy atom. The lowest BCUT2D eigenvalue weighted by atomic mass is 9.79.